The van der Waals surface area contributed by atoms with E-state index < -0.39 is 16.1 Å². The first kappa shape index (κ1) is 22.9. The van der Waals surface area contributed by atoms with Gasteiger partial charge in [-0.05, 0) is 54.7 Å². The van der Waals surface area contributed by atoms with E-state index in [1.54, 1.807) is 19.9 Å². The molecule has 0 spiro atoms. The maximum Gasteiger partial charge on any atom is 0.265 e. The van der Waals surface area contributed by atoms with Gasteiger partial charge in [0.15, 0.2) is 6.10 Å². The molecule has 0 heterocycles. The van der Waals surface area contributed by atoms with Crippen molar-refractivity contribution in [2.45, 2.75) is 51.0 Å². The highest BCUT2D eigenvalue weighted by atomic mass is 32.2. The number of hydrogen-bond donors (Lipinski definition) is 1. The minimum atomic E-state index is -3.59. The van der Waals surface area contributed by atoms with Crippen LogP contribution in [0.2, 0.25) is 0 Å². The zero-order valence-electron chi connectivity index (χ0n) is 18.1. The van der Waals surface area contributed by atoms with Crippen molar-refractivity contribution in [3.8, 4) is 5.75 Å². The van der Waals surface area contributed by atoms with Gasteiger partial charge in [0.2, 0.25) is 10.0 Å². The van der Waals surface area contributed by atoms with Crippen LogP contribution in [0.4, 0.5) is 5.69 Å². The summed E-state index contributed by atoms with van der Waals surface area (Å²) in [7, 11) is -0.653. The Hall–Kier alpha value is -2.38. The van der Waals surface area contributed by atoms with E-state index in [-0.39, 0.29) is 16.2 Å². The van der Waals surface area contributed by atoms with Crippen molar-refractivity contribution < 1.29 is 17.9 Å². The van der Waals surface area contributed by atoms with Crippen LogP contribution in [0.15, 0.2) is 47.4 Å². The molecule has 0 aliphatic carbocycles. The van der Waals surface area contributed by atoms with E-state index in [1.807, 2.05) is 24.3 Å². The predicted octanol–water partition coefficient (Wildman–Crippen LogP) is 3.95. The quantitative estimate of drug-likeness (QED) is 0.771. The van der Waals surface area contributed by atoms with Crippen LogP contribution in [0.5, 0.6) is 5.75 Å². The molecule has 2 rings (SSSR count). The first-order valence-electron chi connectivity index (χ1n) is 9.43. The molecular weight excluding hydrogens is 388 g/mol. The molecule has 0 aliphatic rings. The van der Waals surface area contributed by atoms with Crippen molar-refractivity contribution >= 4 is 21.6 Å². The molecule has 0 aliphatic heterocycles. The molecule has 6 nitrogen and oxygen atoms in total. The molecule has 0 bridgehead atoms. The Morgan fingerprint density at radius 2 is 1.66 bits per heavy atom. The summed E-state index contributed by atoms with van der Waals surface area (Å²) in [6.45, 7) is 9.85. The average Bonchev–Trinajstić information content (AvgIpc) is 2.62. The molecule has 0 fully saturated rings. The molecule has 0 saturated heterocycles. The van der Waals surface area contributed by atoms with Crippen molar-refractivity contribution in [3.05, 3.63) is 53.6 Å². The molecule has 0 saturated carbocycles. The van der Waals surface area contributed by atoms with E-state index in [4.69, 9.17) is 4.74 Å². The monoisotopic (exact) mass is 418 g/mol. The van der Waals surface area contributed by atoms with E-state index in [9.17, 15) is 13.2 Å². The van der Waals surface area contributed by atoms with Gasteiger partial charge in [0, 0.05) is 19.8 Å². The van der Waals surface area contributed by atoms with Gasteiger partial charge in [-0.25, -0.2) is 12.7 Å². The molecule has 7 heteroatoms. The fourth-order valence-electron chi connectivity index (χ4n) is 2.63. The summed E-state index contributed by atoms with van der Waals surface area (Å²) < 4.78 is 31.6. The van der Waals surface area contributed by atoms with Gasteiger partial charge >= 0.3 is 0 Å². The number of carbonyl (C=O) groups is 1. The van der Waals surface area contributed by atoms with Gasteiger partial charge in [-0.3, -0.25) is 4.79 Å². The molecule has 0 radical (unpaired) electrons. The fourth-order valence-corrected chi connectivity index (χ4v) is 3.56. The SMILES string of the molecule is Cc1ccc(S(=O)(=O)N(C)C)cc1NC(=O)[C@@H](C)Oc1ccc(C(C)(C)C)cc1. The number of benzene rings is 2. The first-order valence-corrected chi connectivity index (χ1v) is 10.9. The number of nitrogens with zero attached hydrogens (tertiary/aromatic N) is 1. The van der Waals surface area contributed by atoms with Gasteiger partial charge in [0.25, 0.3) is 5.91 Å². The van der Waals surface area contributed by atoms with Crippen molar-refractivity contribution in [3.63, 3.8) is 0 Å². The van der Waals surface area contributed by atoms with Gasteiger partial charge < -0.3 is 10.1 Å². The lowest BCUT2D eigenvalue weighted by atomic mass is 9.87. The Morgan fingerprint density at radius 1 is 1.07 bits per heavy atom. The topological polar surface area (TPSA) is 75.7 Å². The summed E-state index contributed by atoms with van der Waals surface area (Å²) in [4.78, 5) is 12.7. The smallest absolute Gasteiger partial charge is 0.265 e. The number of amides is 1. The Morgan fingerprint density at radius 3 is 2.17 bits per heavy atom. The maximum absolute atomic E-state index is 12.6. The highest BCUT2D eigenvalue weighted by molar-refractivity contribution is 7.89. The second kappa shape index (κ2) is 8.55. The van der Waals surface area contributed by atoms with E-state index >= 15 is 0 Å². The average molecular weight is 419 g/mol. The Kier molecular flexibility index (Phi) is 6.75. The van der Waals surface area contributed by atoms with E-state index in [0.29, 0.717) is 11.4 Å². The number of nitrogens with one attached hydrogen (secondary N) is 1. The second-order valence-electron chi connectivity index (χ2n) is 8.29. The number of aryl methyl sites for hydroxylation is 1. The Labute approximate surface area is 173 Å². The molecule has 2 aromatic rings. The third kappa shape index (κ3) is 5.58. The maximum atomic E-state index is 12.6. The highest BCUT2D eigenvalue weighted by Gasteiger charge is 2.21. The van der Waals surface area contributed by atoms with Gasteiger partial charge in [-0.15, -0.1) is 0 Å². The minimum absolute atomic E-state index is 0.0386. The molecule has 1 atom stereocenters. The lowest BCUT2D eigenvalue weighted by Crippen LogP contribution is -2.30. The number of hydrogen-bond acceptors (Lipinski definition) is 4. The molecule has 0 aromatic heterocycles. The summed E-state index contributed by atoms with van der Waals surface area (Å²) >= 11 is 0. The normalized spacial score (nSPS) is 13.2. The summed E-state index contributed by atoms with van der Waals surface area (Å²) in [5, 5.41) is 2.77. The van der Waals surface area contributed by atoms with Crippen LogP contribution in [0.1, 0.15) is 38.8 Å². The van der Waals surface area contributed by atoms with Crippen LogP contribution >= 0.6 is 0 Å². The largest absolute Gasteiger partial charge is 0.481 e. The van der Waals surface area contributed by atoms with Gasteiger partial charge in [0.1, 0.15) is 5.75 Å². The molecule has 0 unspecified atom stereocenters. The number of rotatable bonds is 6. The number of carbonyl (C=O) groups excluding carboxylic acids is 1. The second-order valence-corrected chi connectivity index (χ2v) is 10.4. The number of ether oxygens (including phenoxy) is 1. The van der Waals surface area contributed by atoms with Crippen LogP contribution in [-0.2, 0) is 20.2 Å². The Bertz CT molecular complexity index is 975. The Balaban J connectivity index is 2.13. The fraction of sp³-hybridized carbons (Fsp3) is 0.409. The van der Waals surface area contributed by atoms with Crippen LogP contribution < -0.4 is 10.1 Å². The van der Waals surface area contributed by atoms with E-state index in [0.717, 1.165) is 9.87 Å². The van der Waals surface area contributed by atoms with Gasteiger partial charge in [0.05, 0.1) is 4.90 Å². The summed E-state index contributed by atoms with van der Waals surface area (Å²) in [6, 6.07) is 12.3. The van der Waals surface area contributed by atoms with Gasteiger partial charge in [-0.1, -0.05) is 39.0 Å². The summed E-state index contributed by atoms with van der Waals surface area (Å²) in [5.41, 5.74) is 2.42. The third-order valence-corrected chi connectivity index (χ3v) is 6.46. The zero-order valence-corrected chi connectivity index (χ0v) is 18.9. The van der Waals surface area contributed by atoms with Crippen molar-refractivity contribution in [2.75, 3.05) is 19.4 Å². The molecule has 158 valence electrons. The predicted molar refractivity (Wildman–Crippen MR) is 116 cm³/mol. The van der Waals surface area contributed by atoms with Crippen molar-refractivity contribution in [2.24, 2.45) is 0 Å². The van der Waals surface area contributed by atoms with Crippen LogP contribution in [0.25, 0.3) is 0 Å². The van der Waals surface area contributed by atoms with Crippen molar-refractivity contribution in [1.29, 1.82) is 0 Å². The number of sulfonamides is 1. The van der Waals surface area contributed by atoms with E-state index in [2.05, 4.69) is 26.1 Å². The minimum Gasteiger partial charge on any atom is -0.481 e. The summed E-state index contributed by atoms with van der Waals surface area (Å²) in [5.74, 6) is 0.244. The van der Waals surface area contributed by atoms with E-state index in [1.165, 1.54) is 31.8 Å². The van der Waals surface area contributed by atoms with Crippen LogP contribution in [0, 0.1) is 6.92 Å². The zero-order chi connectivity index (χ0) is 22.0. The van der Waals surface area contributed by atoms with Crippen LogP contribution in [-0.4, -0.2) is 38.8 Å². The molecule has 1 amide bonds. The molecule has 2 aromatic carbocycles. The van der Waals surface area contributed by atoms with Gasteiger partial charge in [-0.2, -0.15) is 0 Å². The lowest BCUT2D eigenvalue weighted by molar-refractivity contribution is -0.122. The summed E-state index contributed by atoms with van der Waals surface area (Å²) in [6.07, 6.45) is -0.746. The highest BCUT2D eigenvalue weighted by Crippen LogP contribution is 2.25. The molecular formula is C22H30N2O4S. The van der Waals surface area contributed by atoms with Crippen molar-refractivity contribution in [1.82, 2.24) is 4.31 Å². The number of anilines is 1. The standard InChI is InChI=1S/C22H30N2O4S/c1-15-8-13-19(29(26,27)24(6)7)14-20(15)23-21(25)16(2)28-18-11-9-17(10-12-18)22(3,4)5/h8-14,16H,1-7H3,(H,23,25)/t16-/m1/s1. The van der Waals surface area contributed by atoms with Crippen LogP contribution in [0.3, 0.4) is 0 Å². The lowest BCUT2D eigenvalue weighted by Gasteiger charge is -2.20. The third-order valence-electron chi connectivity index (χ3n) is 4.65. The molecule has 1 N–H and O–H groups in total. The first-order chi connectivity index (χ1) is 13.3. The molecule has 29 heavy (non-hydrogen) atoms.